The number of likely N-dealkylation sites (N-methyl/N-ethyl adjacent to an activating group) is 1. The van der Waals surface area contributed by atoms with Crippen LogP contribution in [0.4, 0.5) is 0 Å². The molecule has 16 heavy (non-hydrogen) atoms. The monoisotopic (exact) mass is 230 g/mol. The highest BCUT2D eigenvalue weighted by atomic mass is 16.5. The Bertz CT molecular complexity index is 266. The van der Waals surface area contributed by atoms with E-state index in [0.717, 1.165) is 0 Å². The van der Waals surface area contributed by atoms with Crippen molar-refractivity contribution in [3.8, 4) is 0 Å². The van der Waals surface area contributed by atoms with Gasteiger partial charge in [0.2, 0.25) is 11.8 Å². The number of esters is 1. The first-order valence-corrected chi connectivity index (χ1v) is 5.17. The summed E-state index contributed by atoms with van der Waals surface area (Å²) in [5.41, 5.74) is 0. The Balaban J connectivity index is 3.82. The first-order valence-electron chi connectivity index (χ1n) is 5.17. The van der Waals surface area contributed by atoms with Gasteiger partial charge >= 0.3 is 5.97 Å². The van der Waals surface area contributed by atoms with Crippen LogP contribution in [-0.4, -0.2) is 37.5 Å². The van der Waals surface area contributed by atoms with E-state index >= 15 is 0 Å². The predicted molar refractivity (Wildman–Crippen MR) is 57.5 cm³/mol. The Morgan fingerprint density at radius 3 is 2.38 bits per heavy atom. The third-order valence-electron chi connectivity index (χ3n) is 1.88. The lowest BCUT2D eigenvalue weighted by Gasteiger charge is -2.11. The van der Waals surface area contributed by atoms with E-state index < -0.39 is 12.0 Å². The summed E-state index contributed by atoms with van der Waals surface area (Å²) in [5.74, 6) is -1.03. The quantitative estimate of drug-likeness (QED) is 0.607. The van der Waals surface area contributed by atoms with E-state index in [1.54, 1.807) is 13.8 Å². The summed E-state index contributed by atoms with van der Waals surface area (Å²) in [7, 11) is 1.49. The molecule has 6 heteroatoms. The molecule has 0 aliphatic heterocycles. The van der Waals surface area contributed by atoms with E-state index in [0.29, 0.717) is 6.61 Å². The molecule has 0 aliphatic rings. The van der Waals surface area contributed by atoms with E-state index in [9.17, 15) is 14.4 Å². The van der Waals surface area contributed by atoms with Crippen molar-refractivity contribution < 1.29 is 19.1 Å². The van der Waals surface area contributed by atoms with Crippen molar-refractivity contribution in [2.24, 2.45) is 0 Å². The van der Waals surface area contributed by atoms with Crippen LogP contribution in [0.5, 0.6) is 0 Å². The SMILES string of the molecule is CCOC(=O)CCC(=O)NC(C)C(=O)NC. The molecule has 0 bridgehead atoms. The summed E-state index contributed by atoms with van der Waals surface area (Å²) in [6, 6.07) is -0.598. The van der Waals surface area contributed by atoms with Crippen molar-refractivity contribution >= 4 is 17.8 Å². The minimum Gasteiger partial charge on any atom is -0.466 e. The van der Waals surface area contributed by atoms with Crippen molar-refractivity contribution in [1.82, 2.24) is 10.6 Å². The summed E-state index contributed by atoms with van der Waals surface area (Å²) < 4.78 is 4.67. The van der Waals surface area contributed by atoms with Gasteiger partial charge in [0.15, 0.2) is 0 Å². The van der Waals surface area contributed by atoms with E-state index in [2.05, 4.69) is 15.4 Å². The van der Waals surface area contributed by atoms with Gasteiger partial charge in [-0.2, -0.15) is 0 Å². The molecular formula is C10H18N2O4. The van der Waals surface area contributed by atoms with Gasteiger partial charge in [0, 0.05) is 13.5 Å². The summed E-state index contributed by atoms with van der Waals surface area (Å²) in [5, 5.41) is 4.88. The van der Waals surface area contributed by atoms with Crippen molar-refractivity contribution in [3.05, 3.63) is 0 Å². The van der Waals surface area contributed by atoms with Gasteiger partial charge in [0.25, 0.3) is 0 Å². The van der Waals surface area contributed by atoms with Gasteiger partial charge in [-0.3, -0.25) is 14.4 Å². The number of hydrogen-bond donors (Lipinski definition) is 2. The normalized spacial score (nSPS) is 11.4. The first-order chi connectivity index (χ1) is 7.51. The summed E-state index contributed by atoms with van der Waals surface area (Å²) >= 11 is 0. The maximum atomic E-state index is 11.3. The molecule has 1 unspecified atom stereocenters. The fourth-order valence-corrected chi connectivity index (χ4v) is 1.04. The Morgan fingerprint density at radius 2 is 1.88 bits per heavy atom. The zero-order valence-electron chi connectivity index (χ0n) is 9.83. The number of rotatable bonds is 6. The van der Waals surface area contributed by atoms with E-state index in [1.807, 2.05) is 0 Å². The van der Waals surface area contributed by atoms with Crippen LogP contribution in [-0.2, 0) is 19.1 Å². The van der Waals surface area contributed by atoms with Crippen LogP contribution in [0.25, 0.3) is 0 Å². The van der Waals surface area contributed by atoms with E-state index in [1.165, 1.54) is 7.05 Å². The molecule has 2 amide bonds. The molecule has 0 aromatic carbocycles. The third kappa shape index (κ3) is 6.00. The molecule has 1 atom stereocenters. The predicted octanol–water partition coefficient (Wildman–Crippen LogP) is -0.420. The molecule has 0 saturated heterocycles. The summed E-state index contributed by atoms with van der Waals surface area (Å²) in [4.78, 5) is 33.3. The molecule has 2 N–H and O–H groups in total. The molecular weight excluding hydrogens is 212 g/mol. The molecule has 0 heterocycles. The van der Waals surface area contributed by atoms with Crippen molar-refractivity contribution in [2.45, 2.75) is 32.7 Å². The number of nitrogens with one attached hydrogen (secondary N) is 2. The molecule has 0 aliphatic carbocycles. The van der Waals surface area contributed by atoms with Crippen molar-refractivity contribution in [1.29, 1.82) is 0 Å². The van der Waals surface area contributed by atoms with Crippen LogP contribution < -0.4 is 10.6 Å². The Kier molecular flexibility index (Phi) is 6.91. The first kappa shape index (κ1) is 14.4. The Labute approximate surface area is 94.7 Å². The molecule has 0 aromatic rings. The Hall–Kier alpha value is -1.59. The van der Waals surface area contributed by atoms with E-state index in [4.69, 9.17) is 0 Å². The van der Waals surface area contributed by atoms with Gasteiger partial charge in [0.05, 0.1) is 13.0 Å². The highest BCUT2D eigenvalue weighted by Gasteiger charge is 2.14. The maximum absolute atomic E-state index is 11.3. The smallest absolute Gasteiger partial charge is 0.306 e. The molecule has 6 nitrogen and oxygen atoms in total. The average molecular weight is 230 g/mol. The fraction of sp³-hybridized carbons (Fsp3) is 0.700. The number of carbonyl (C=O) groups is 3. The number of hydrogen-bond acceptors (Lipinski definition) is 4. The molecule has 0 radical (unpaired) electrons. The van der Waals surface area contributed by atoms with Gasteiger partial charge in [-0.1, -0.05) is 0 Å². The maximum Gasteiger partial charge on any atom is 0.306 e. The van der Waals surface area contributed by atoms with Gasteiger partial charge in [-0.05, 0) is 13.8 Å². The van der Waals surface area contributed by atoms with Crippen LogP contribution in [0.2, 0.25) is 0 Å². The lowest BCUT2D eigenvalue weighted by Crippen LogP contribution is -2.43. The topological polar surface area (TPSA) is 84.5 Å². The van der Waals surface area contributed by atoms with Crippen LogP contribution in [0.15, 0.2) is 0 Å². The lowest BCUT2D eigenvalue weighted by atomic mass is 10.2. The zero-order chi connectivity index (χ0) is 12.6. The molecule has 0 aromatic heterocycles. The molecule has 0 fully saturated rings. The lowest BCUT2D eigenvalue weighted by molar-refractivity contribution is -0.144. The molecule has 0 rings (SSSR count). The molecule has 92 valence electrons. The summed E-state index contributed by atoms with van der Waals surface area (Å²) in [6.45, 7) is 3.57. The van der Waals surface area contributed by atoms with Gasteiger partial charge < -0.3 is 15.4 Å². The van der Waals surface area contributed by atoms with Crippen LogP contribution >= 0.6 is 0 Å². The second-order valence-electron chi connectivity index (χ2n) is 3.21. The van der Waals surface area contributed by atoms with Crippen molar-refractivity contribution in [3.63, 3.8) is 0 Å². The highest BCUT2D eigenvalue weighted by molar-refractivity contribution is 5.88. The minimum absolute atomic E-state index is 0.0279. The second-order valence-corrected chi connectivity index (χ2v) is 3.21. The average Bonchev–Trinajstić information content (AvgIpc) is 2.25. The van der Waals surface area contributed by atoms with E-state index in [-0.39, 0.29) is 24.7 Å². The fourth-order valence-electron chi connectivity index (χ4n) is 1.04. The zero-order valence-corrected chi connectivity index (χ0v) is 9.83. The van der Waals surface area contributed by atoms with Gasteiger partial charge in [0.1, 0.15) is 6.04 Å². The van der Waals surface area contributed by atoms with Crippen LogP contribution in [0, 0.1) is 0 Å². The number of ether oxygens (including phenoxy) is 1. The third-order valence-corrected chi connectivity index (χ3v) is 1.88. The second kappa shape index (κ2) is 7.67. The highest BCUT2D eigenvalue weighted by Crippen LogP contribution is 1.94. The van der Waals surface area contributed by atoms with Crippen LogP contribution in [0.1, 0.15) is 26.7 Å². The van der Waals surface area contributed by atoms with Gasteiger partial charge in [-0.25, -0.2) is 0 Å². The molecule has 0 saturated carbocycles. The minimum atomic E-state index is -0.598. The standard InChI is InChI=1S/C10H18N2O4/c1-4-16-9(14)6-5-8(13)12-7(2)10(15)11-3/h7H,4-6H2,1-3H3,(H,11,15)(H,12,13). The molecule has 0 spiro atoms. The van der Waals surface area contributed by atoms with Crippen LogP contribution in [0.3, 0.4) is 0 Å². The number of carbonyl (C=O) groups excluding carboxylic acids is 3. The number of amides is 2. The van der Waals surface area contributed by atoms with Crippen molar-refractivity contribution in [2.75, 3.05) is 13.7 Å². The Morgan fingerprint density at radius 1 is 1.25 bits per heavy atom. The summed E-state index contributed by atoms with van der Waals surface area (Å²) in [6.07, 6.45) is 0.0559. The van der Waals surface area contributed by atoms with Gasteiger partial charge in [-0.15, -0.1) is 0 Å². The largest absolute Gasteiger partial charge is 0.466 e.